The Morgan fingerprint density at radius 2 is 1.96 bits per heavy atom. The minimum absolute atomic E-state index is 0. The summed E-state index contributed by atoms with van der Waals surface area (Å²) >= 11 is 0. The Balaban J connectivity index is 0.00000225. The lowest BCUT2D eigenvalue weighted by atomic mass is 9.87. The van der Waals surface area contributed by atoms with Crippen LogP contribution in [-0.2, 0) is 9.47 Å². The summed E-state index contributed by atoms with van der Waals surface area (Å²) in [6, 6.07) is 0. The number of ether oxygens (including phenoxy) is 2. The Labute approximate surface area is 169 Å². The molecule has 3 aliphatic heterocycles. The highest BCUT2D eigenvalue weighted by Gasteiger charge is 2.42. The van der Waals surface area contributed by atoms with Crippen LogP contribution in [0.4, 0.5) is 0 Å². The van der Waals surface area contributed by atoms with Gasteiger partial charge in [-0.15, -0.1) is 24.0 Å². The summed E-state index contributed by atoms with van der Waals surface area (Å²) in [6.45, 7) is 15.3. The number of hydrogen-bond acceptors (Lipinski definition) is 4. The molecule has 2 unspecified atom stereocenters. The van der Waals surface area contributed by atoms with E-state index in [0.717, 1.165) is 78.2 Å². The predicted molar refractivity (Wildman–Crippen MR) is 112 cm³/mol. The second-order valence-corrected chi connectivity index (χ2v) is 7.69. The molecule has 25 heavy (non-hydrogen) atoms. The van der Waals surface area contributed by atoms with Gasteiger partial charge < -0.3 is 19.7 Å². The van der Waals surface area contributed by atoms with Gasteiger partial charge in [0.25, 0.3) is 0 Å². The smallest absolute Gasteiger partial charge is 0.193 e. The van der Waals surface area contributed by atoms with Crippen LogP contribution in [0.15, 0.2) is 4.99 Å². The lowest BCUT2D eigenvalue weighted by Gasteiger charge is -2.29. The number of nitrogens with one attached hydrogen (secondary N) is 1. The highest BCUT2D eigenvalue weighted by Crippen LogP contribution is 2.38. The first-order chi connectivity index (χ1) is 11.7. The van der Waals surface area contributed by atoms with Crippen LogP contribution in [0.5, 0.6) is 0 Å². The van der Waals surface area contributed by atoms with Crippen molar-refractivity contribution in [2.75, 3.05) is 72.2 Å². The third-order valence-corrected chi connectivity index (χ3v) is 5.48. The Bertz CT molecular complexity index is 423. The fraction of sp³-hybridized carbons (Fsp3) is 0.944. The summed E-state index contributed by atoms with van der Waals surface area (Å²) in [5.74, 6) is 1.67. The first-order valence-electron chi connectivity index (χ1n) is 9.62. The second kappa shape index (κ2) is 10.3. The minimum Gasteiger partial charge on any atom is -0.381 e. The van der Waals surface area contributed by atoms with Crippen LogP contribution in [-0.4, -0.2) is 88.0 Å². The molecule has 3 fully saturated rings. The molecule has 0 bridgehead atoms. The summed E-state index contributed by atoms with van der Waals surface area (Å²) in [7, 11) is 0. The Morgan fingerprint density at radius 3 is 2.64 bits per heavy atom. The monoisotopic (exact) mass is 466 g/mol. The van der Waals surface area contributed by atoms with Crippen LogP contribution in [0.2, 0.25) is 0 Å². The first kappa shape index (κ1) is 21.2. The molecule has 1 spiro atoms. The molecule has 0 aromatic rings. The van der Waals surface area contributed by atoms with Gasteiger partial charge in [-0.25, -0.2) is 0 Å². The molecule has 7 heteroatoms. The molecule has 2 atom stereocenters. The molecule has 6 nitrogen and oxygen atoms in total. The molecule has 3 aliphatic rings. The number of guanidine groups is 1. The van der Waals surface area contributed by atoms with Gasteiger partial charge in [0.1, 0.15) is 0 Å². The number of morpholine rings is 1. The van der Waals surface area contributed by atoms with Gasteiger partial charge in [-0.3, -0.25) is 9.89 Å². The van der Waals surface area contributed by atoms with Gasteiger partial charge in [0.2, 0.25) is 0 Å². The number of aliphatic imine (C=N–C) groups is 1. The van der Waals surface area contributed by atoms with Crippen LogP contribution in [0.25, 0.3) is 0 Å². The lowest BCUT2D eigenvalue weighted by molar-refractivity contribution is 0.0323. The number of hydrogen-bond donors (Lipinski definition) is 1. The van der Waals surface area contributed by atoms with Gasteiger partial charge in [-0.05, 0) is 25.7 Å². The fourth-order valence-electron chi connectivity index (χ4n) is 4.04. The van der Waals surface area contributed by atoms with Gasteiger partial charge in [-0.2, -0.15) is 0 Å². The third kappa shape index (κ3) is 5.94. The molecule has 3 heterocycles. The van der Waals surface area contributed by atoms with Crippen molar-refractivity contribution in [3.05, 3.63) is 0 Å². The van der Waals surface area contributed by atoms with Crippen molar-refractivity contribution < 1.29 is 9.47 Å². The van der Waals surface area contributed by atoms with Crippen LogP contribution < -0.4 is 5.32 Å². The van der Waals surface area contributed by atoms with Crippen LogP contribution in [0.1, 0.15) is 26.7 Å². The molecular formula is C18H35IN4O2. The fourth-order valence-corrected chi connectivity index (χ4v) is 4.04. The van der Waals surface area contributed by atoms with Crippen molar-refractivity contribution in [3.63, 3.8) is 0 Å². The molecule has 0 amide bonds. The molecule has 0 radical (unpaired) electrons. The summed E-state index contributed by atoms with van der Waals surface area (Å²) in [5, 5.41) is 3.49. The number of rotatable bonds is 5. The van der Waals surface area contributed by atoms with Gasteiger partial charge in [0.05, 0.1) is 19.8 Å². The normalized spacial score (nSPS) is 29.0. The highest BCUT2D eigenvalue weighted by molar-refractivity contribution is 14.0. The average Bonchev–Trinajstić information content (AvgIpc) is 3.23. The zero-order chi connectivity index (χ0) is 16.8. The molecule has 146 valence electrons. The van der Waals surface area contributed by atoms with Gasteiger partial charge in [0, 0.05) is 57.8 Å². The van der Waals surface area contributed by atoms with Crippen molar-refractivity contribution in [1.29, 1.82) is 0 Å². The van der Waals surface area contributed by atoms with Crippen LogP contribution in [0, 0.1) is 11.3 Å². The van der Waals surface area contributed by atoms with E-state index >= 15 is 0 Å². The quantitative estimate of drug-likeness (QED) is 0.380. The maximum atomic E-state index is 5.65. The minimum atomic E-state index is 0. The van der Waals surface area contributed by atoms with Crippen molar-refractivity contribution in [1.82, 2.24) is 15.1 Å². The van der Waals surface area contributed by atoms with E-state index in [4.69, 9.17) is 14.5 Å². The summed E-state index contributed by atoms with van der Waals surface area (Å²) in [4.78, 5) is 9.89. The van der Waals surface area contributed by atoms with Crippen LogP contribution in [0.3, 0.4) is 0 Å². The third-order valence-electron chi connectivity index (χ3n) is 5.48. The van der Waals surface area contributed by atoms with Gasteiger partial charge >= 0.3 is 0 Å². The van der Waals surface area contributed by atoms with Crippen molar-refractivity contribution >= 4 is 29.9 Å². The van der Waals surface area contributed by atoms with E-state index < -0.39 is 0 Å². The molecule has 0 aromatic carbocycles. The molecule has 0 aliphatic carbocycles. The van der Waals surface area contributed by atoms with E-state index in [1.54, 1.807) is 0 Å². The standard InChI is InChI=1S/C18H34N4O2.HI/c1-3-19-17(22-6-4-18(14-22)5-9-24-15-18)20-12-16(2)13-21-7-10-23-11-8-21;/h16H,3-15H2,1-2H3,(H,19,20);1H. The van der Waals surface area contributed by atoms with Crippen molar-refractivity contribution in [3.8, 4) is 0 Å². The van der Waals surface area contributed by atoms with Crippen LogP contribution >= 0.6 is 24.0 Å². The van der Waals surface area contributed by atoms with Crippen molar-refractivity contribution in [2.45, 2.75) is 26.7 Å². The maximum Gasteiger partial charge on any atom is 0.193 e. The maximum absolute atomic E-state index is 5.65. The number of halogens is 1. The zero-order valence-electron chi connectivity index (χ0n) is 15.8. The Hall–Kier alpha value is -0.120. The number of likely N-dealkylation sites (tertiary alicyclic amines) is 1. The molecule has 0 saturated carbocycles. The van der Waals surface area contributed by atoms with E-state index in [1.165, 1.54) is 12.8 Å². The number of nitrogens with zero attached hydrogens (tertiary/aromatic N) is 3. The zero-order valence-corrected chi connectivity index (χ0v) is 18.2. The van der Waals surface area contributed by atoms with Gasteiger partial charge in [-0.1, -0.05) is 6.92 Å². The topological polar surface area (TPSA) is 49.3 Å². The highest BCUT2D eigenvalue weighted by atomic mass is 127. The molecule has 3 saturated heterocycles. The average molecular weight is 466 g/mol. The molecule has 1 N–H and O–H groups in total. The van der Waals surface area contributed by atoms with E-state index in [1.807, 2.05) is 0 Å². The molecular weight excluding hydrogens is 431 g/mol. The van der Waals surface area contributed by atoms with Crippen molar-refractivity contribution in [2.24, 2.45) is 16.3 Å². The molecule has 0 aromatic heterocycles. The SMILES string of the molecule is CCNC(=NCC(C)CN1CCOCC1)N1CCC2(CCOC2)C1.I. The summed E-state index contributed by atoms with van der Waals surface area (Å²) in [6.07, 6.45) is 2.44. The van der Waals surface area contributed by atoms with E-state index in [0.29, 0.717) is 11.3 Å². The van der Waals surface area contributed by atoms with E-state index in [2.05, 4.69) is 29.0 Å². The largest absolute Gasteiger partial charge is 0.381 e. The second-order valence-electron chi connectivity index (χ2n) is 7.69. The van der Waals surface area contributed by atoms with Gasteiger partial charge in [0.15, 0.2) is 5.96 Å². The Morgan fingerprint density at radius 1 is 1.16 bits per heavy atom. The summed E-state index contributed by atoms with van der Waals surface area (Å²) in [5.41, 5.74) is 0.385. The predicted octanol–water partition coefficient (Wildman–Crippen LogP) is 1.65. The van der Waals surface area contributed by atoms with E-state index in [9.17, 15) is 0 Å². The first-order valence-corrected chi connectivity index (χ1v) is 9.62. The summed E-state index contributed by atoms with van der Waals surface area (Å²) < 4.78 is 11.1. The van der Waals surface area contributed by atoms with E-state index in [-0.39, 0.29) is 24.0 Å². The Kier molecular flexibility index (Phi) is 8.71. The molecule has 3 rings (SSSR count). The lowest BCUT2D eigenvalue weighted by Crippen LogP contribution is -2.42.